The van der Waals surface area contributed by atoms with Crippen LogP contribution in [-0.2, 0) is 4.79 Å². The summed E-state index contributed by atoms with van der Waals surface area (Å²) in [6.07, 6.45) is 0. The first-order valence-electron chi connectivity index (χ1n) is 6.80. The standard InChI is InChI=1S/C17H16ClNO2S/c1-11(20)13-7-9-14(10-8-13)19-17(21)12(2)22-16-6-4-3-5-15(16)18/h3-10,12H,1-2H3,(H,19,21)/t12-/m1/s1. The number of Topliss-reactive ketones (excluding diaryl/α,β-unsaturated/α-hetero) is 1. The molecule has 1 N–H and O–H groups in total. The van der Waals surface area contributed by atoms with Crippen LogP contribution in [0.4, 0.5) is 5.69 Å². The average molecular weight is 334 g/mol. The van der Waals surface area contributed by atoms with Crippen molar-refractivity contribution < 1.29 is 9.59 Å². The number of thioether (sulfide) groups is 1. The Balaban J connectivity index is 1.99. The molecule has 0 bridgehead atoms. The van der Waals surface area contributed by atoms with Gasteiger partial charge >= 0.3 is 0 Å². The predicted octanol–water partition coefficient (Wildman–Crippen LogP) is 4.66. The number of carbonyl (C=O) groups excluding carboxylic acids is 2. The van der Waals surface area contributed by atoms with Crippen LogP contribution >= 0.6 is 23.4 Å². The lowest BCUT2D eigenvalue weighted by molar-refractivity contribution is -0.115. The van der Waals surface area contributed by atoms with Gasteiger partial charge in [0.25, 0.3) is 0 Å². The van der Waals surface area contributed by atoms with Crippen molar-refractivity contribution in [2.24, 2.45) is 0 Å². The summed E-state index contributed by atoms with van der Waals surface area (Å²) in [5.41, 5.74) is 1.29. The number of amides is 1. The normalized spacial score (nSPS) is 11.8. The zero-order valence-electron chi connectivity index (χ0n) is 12.3. The van der Waals surface area contributed by atoms with Crippen LogP contribution in [0.5, 0.6) is 0 Å². The molecule has 0 spiro atoms. The van der Waals surface area contributed by atoms with E-state index in [1.807, 2.05) is 25.1 Å². The molecule has 3 nitrogen and oxygen atoms in total. The fourth-order valence-electron chi connectivity index (χ4n) is 1.82. The number of benzene rings is 2. The van der Waals surface area contributed by atoms with Crippen molar-refractivity contribution in [2.75, 3.05) is 5.32 Å². The summed E-state index contributed by atoms with van der Waals surface area (Å²) in [5, 5.41) is 3.19. The molecule has 0 radical (unpaired) electrons. The Hall–Kier alpha value is -1.78. The monoisotopic (exact) mass is 333 g/mol. The number of nitrogens with one attached hydrogen (secondary N) is 1. The van der Waals surface area contributed by atoms with Crippen LogP contribution in [0.25, 0.3) is 0 Å². The first kappa shape index (κ1) is 16.6. The summed E-state index contributed by atoms with van der Waals surface area (Å²) >= 11 is 7.50. The van der Waals surface area contributed by atoms with E-state index in [0.29, 0.717) is 16.3 Å². The molecule has 0 fully saturated rings. The molecule has 2 aromatic rings. The van der Waals surface area contributed by atoms with Gasteiger partial charge < -0.3 is 5.32 Å². The van der Waals surface area contributed by atoms with Crippen molar-refractivity contribution in [3.05, 3.63) is 59.1 Å². The number of anilines is 1. The first-order chi connectivity index (χ1) is 10.5. The molecule has 5 heteroatoms. The molecule has 0 aliphatic carbocycles. The fourth-order valence-corrected chi connectivity index (χ4v) is 2.97. The molecule has 0 unspecified atom stereocenters. The maximum Gasteiger partial charge on any atom is 0.237 e. The second kappa shape index (κ2) is 7.47. The molecule has 114 valence electrons. The maximum atomic E-state index is 12.2. The van der Waals surface area contributed by atoms with Gasteiger partial charge in [-0.1, -0.05) is 23.7 Å². The van der Waals surface area contributed by atoms with Gasteiger partial charge in [0.15, 0.2) is 5.78 Å². The predicted molar refractivity (Wildman–Crippen MR) is 91.8 cm³/mol. The Morgan fingerprint density at radius 2 is 1.73 bits per heavy atom. The second-order valence-electron chi connectivity index (χ2n) is 4.81. The number of carbonyl (C=O) groups is 2. The lowest BCUT2D eigenvalue weighted by Crippen LogP contribution is -2.22. The molecule has 0 aliphatic heterocycles. The highest BCUT2D eigenvalue weighted by Gasteiger charge is 2.16. The van der Waals surface area contributed by atoms with Crippen molar-refractivity contribution in [3.63, 3.8) is 0 Å². The zero-order valence-corrected chi connectivity index (χ0v) is 13.9. The quantitative estimate of drug-likeness (QED) is 0.639. The minimum absolute atomic E-state index is 0.000481. The lowest BCUT2D eigenvalue weighted by Gasteiger charge is -2.13. The van der Waals surface area contributed by atoms with E-state index in [4.69, 9.17) is 11.6 Å². The third-order valence-electron chi connectivity index (χ3n) is 3.07. The van der Waals surface area contributed by atoms with Gasteiger partial charge in [0.1, 0.15) is 0 Å². The minimum atomic E-state index is -0.285. The second-order valence-corrected chi connectivity index (χ2v) is 6.60. The molecule has 0 aliphatic rings. The summed E-state index contributed by atoms with van der Waals surface area (Å²) in [4.78, 5) is 24.3. The average Bonchev–Trinajstić information content (AvgIpc) is 2.50. The first-order valence-corrected chi connectivity index (χ1v) is 8.06. The summed E-state index contributed by atoms with van der Waals surface area (Å²) in [6.45, 7) is 3.34. The summed E-state index contributed by atoms with van der Waals surface area (Å²) in [6, 6.07) is 14.3. The Morgan fingerprint density at radius 3 is 2.32 bits per heavy atom. The molecule has 0 saturated heterocycles. The molecule has 0 heterocycles. The number of halogens is 1. The van der Waals surface area contributed by atoms with Crippen molar-refractivity contribution in [2.45, 2.75) is 24.0 Å². The zero-order chi connectivity index (χ0) is 16.1. The summed E-state index contributed by atoms with van der Waals surface area (Å²) in [5.74, 6) is -0.110. The van der Waals surface area contributed by atoms with Gasteiger partial charge in [-0.05, 0) is 50.2 Å². The van der Waals surface area contributed by atoms with Crippen LogP contribution in [-0.4, -0.2) is 16.9 Å². The van der Waals surface area contributed by atoms with E-state index >= 15 is 0 Å². The molecule has 2 rings (SSSR count). The van der Waals surface area contributed by atoms with Gasteiger partial charge in [0.05, 0.1) is 10.3 Å². The van der Waals surface area contributed by atoms with Crippen LogP contribution in [0, 0.1) is 0 Å². The summed E-state index contributed by atoms with van der Waals surface area (Å²) in [7, 11) is 0. The van der Waals surface area contributed by atoms with E-state index in [1.165, 1.54) is 18.7 Å². The molecule has 0 saturated carbocycles. The van der Waals surface area contributed by atoms with Crippen LogP contribution in [0.1, 0.15) is 24.2 Å². The van der Waals surface area contributed by atoms with Crippen LogP contribution in [0.2, 0.25) is 5.02 Å². The molecule has 2 aromatic carbocycles. The van der Waals surface area contributed by atoms with E-state index in [0.717, 1.165) is 4.90 Å². The van der Waals surface area contributed by atoms with Gasteiger partial charge in [-0.25, -0.2) is 0 Å². The highest BCUT2D eigenvalue weighted by Crippen LogP contribution is 2.30. The van der Waals surface area contributed by atoms with Crippen molar-refractivity contribution >= 4 is 40.7 Å². The minimum Gasteiger partial charge on any atom is -0.325 e. The van der Waals surface area contributed by atoms with Gasteiger partial charge in [0.2, 0.25) is 5.91 Å². The van der Waals surface area contributed by atoms with Crippen molar-refractivity contribution in [3.8, 4) is 0 Å². The van der Waals surface area contributed by atoms with Crippen molar-refractivity contribution in [1.82, 2.24) is 0 Å². The highest BCUT2D eigenvalue weighted by molar-refractivity contribution is 8.00. The smallest absolute Gasteiger partial charge is 0.237 e. The van der Waals surface area contributed by atoms with Gasteiger partial charge in [0, 0.05) is 16.1 Å². The van der Waals surface area contributed by atoms with E-state index in [2.05, 4.69) is 5.32 Å². The fraction of sp³-hybridized carbons (Fsp3) is 0.176. The molecular weight excluding hydrogens is 318 g/mol. The van der Waals surface area contributed by atoms with Crippen LogP contribution < -0.4 is 5.32 Å². The molecule has 1 amide bonds. The van der Waals surface area contributed by atoms with Crippen LogP contribution in [0.15, 0.2) is 53.4 Å². The lowest BCUT2D eigenvalue weighted by atomic mass is 10.1. The Kier molecular flexibility index (Phi) is 5.63. The molecule has 22 heavy (non-hydrogen) atoms. The van der Waals surface area contributed by atoms with E-state index in [-0.39, 0.29) is 16.9 Å². The van der Waals surface area contributed by atoms with Gasteiger partial charge in [-0.3, -0.25) is 9.59 Å². The third kappa shape index (κ3) is 4.36. The van der Waals surface area contributed by atoms with Crippen LogP contribution in [0.3, 0.4) is 0 Å². The number of ketones is 1. The Labute approximate surface area is 139 Å². The van der Waals surface area contributed by atoms with Gasteiger partial charge in [-0.15, -0.1) is 11.8 Å². The van der Waals surface area contributed by atoms with E-state index < -0.39 is 0 Å². The highest BCUT2D eigenvalue weighted by atomic mass is 35.5. The summed E-state index contributed by atoms with van der Waals surface area (Å²) < 4.78 is 0. The third-order valence-corrected chi connectivity index (χ3v) is 4.69. The van der Waals surface area contributed by atoms with E-state index in [1.54, 1.807) is 30.3 Å². The van der Waals surface area contributed by atoms with Crippen molar-refractivity contribution in [1.29, 1.82) is 0 Å². The maximum absolute atomic E-state index is 12.2. The Bertz CT molecular complexity index is 685. The SMILES string of the molecule is CC(=O)c1ccc(NC(=O)[C@@H](C)Sc2ccccc2Cl)cc1. The molecule has 1 atom stereocenters. The molecule has 0 aromatic heterocycles. The topological polar surface area (TPSA) is 46.2 Å². The largest absolute Gasteiger partial charge is 0.325 e. The molecular formula is C17H16ClNO2S. The number of hydrogen-bond donors (Lipinski definition) is 1. The number of hydrogen-bond acceptors (Lipinski definition) is 3. The Morgan fingerprint density at radius 1 is 1.09 bits per heavy atom. The van der Waals surface area contributed by atoms with E-state index in [9.17, 15) is 9.59 Å². The number of rotatable bonds is 5. The van der Waals surface area contributed by atoms with Gasteiger partial charge in [-0.2, -0.15) is 0 Å².